The lowest BCUT2D eigenvalue weighted by atomic mass is 10.1. The second kappa shape index (κ2) is 8.02. The SMILES string of the molecule is CCOC(=O)CN(CC(C)C)C(=O)c1cc(Br)ccc1N. The molecule has 0 saturated heterocycles. The van der Waals surface area contributed by atoms with E-state index in [1.807, 2.05) is 13.8 Å². The van der Waals surface area contributed by atoms with Gasteiger partial charge in [0.1, 0.15) is 6.54 Å². The highest BCUT2D eigenvalue weighted by Gasteiger charge is 2.22. The molecule has 0 fully saturated rings. The molecule has 0 aliphatic carbocycles. The summed E-state index contributed by atoms with van der Waals surface area (Å²) in [5, 5.41) is 0. The molecule has 0 aromatic heterocycles. The maximum atomic E-state index is 12.6. The maximum absolute atomic E-state index is 12.6. The van der Waals surface area contributed by atoms with Crippen LogP contribution in [0.4, 0.5) is 5.69 Å². The predicted molar refractivity (Wildman–Crippen MR) is 85.9 cm³/mol. The van der Waals surface area contributed by atoms with Crippen molar-refractivity contribution < 1.29 is 14.3 Å². The number of carbonyl (C=O) groups is 2. The molecule has 2 N–H and O–H groups in total. The lowest BCUT2D eigenvalue weighted by Crippen LogP contribution is -2.39. The van der Waals surface area contributed by atoms with E-state index in [4.69, 9.17) is 10.5 Å². The van der Waals surface area contributed by atoms with Gasteiger partial charge in [-0.15, -0.1) is 0 Å². The molecule has 0 bridgehead atoms. The molecule has 1 rings (SSSR count). The minimum atomic E-state index is -0.417. The number of amides is 1. The molecule has 1 amide bonds. The zero-order valence-electron chi connectivity index (χ0n) is 12.6. The molecule has 0 radical (unpaired) electrons. The molecule has 0 aliphatic rings. The fourth-order valence-electron chi connectivity index (χ4n) is 1.91. The summed E-state index contributed by atoms with van der Waals surface area (Å²) in [4.78, 5) is 25.7. The second-order valence-corrected chi connectivity index (χ2v) is 6.03. The summed E-state index contributed by atoms with van der Waals surface area (Å²) in [6, 6.07) is 5.09. The molecular weight excluding hydrogens is 336 g/mol. The number of ether oxygens (including phenoxy) is 1. The number of carbonyl (C=O) groups excluding carboxylic acids is 2. The predicted octanol–water partition coefficient (Wildman–Crippen LogP) is 2.69. The van der Waals surface area contributed by atoms with E-state index in [-0.39, 0.29) is 18.4 Å². The Balaban J connectivity index is 2.98. The zero-order valence-corrected chi connectivity index (χ0v) is 14.1. The van der Waals surface area contributed by atoms with Crippen LogP contribution in [0.15, 0.2) is 22.7 Å². The molecule has 0 atom stereocenters. The Morgan fingerprint density at radius 3 is 2.62 bits per heavy atom. The van der Waals surface area contributed by atoms with Crippen LogP contribution in [0.2, 0.25) is 0 Å². The van der Waals surface area contributed by atoms with Crippen molar-refractivity contribution in [3.05, 3.63) is 28.2 Å². The van der Waals surface area contributed by atoms with Crippen LogP contribution in [-0.4, -0.2) is 36.5 Å². The van der Waals surface area contributed by atoms with Crippen molar-refractivity contribution in [3.63, 3.8) is 0 Å². The van der Waals surface area contributed by atoms with Gasteiger partial charge in [-0.25, -0.2) is 0 Å². The fourth-order valence-corrected chi connectivity index (χ4v) is 2.27. The molecule has 0 heterocycles. The van der Waals surface area contributed by atoms with Crippen LogP contribution in [0.1, 0.15) is 31.1 Å². The number of rotatable bonds is 6. The van der Waals surface area contributed by atoms with E-state index in [0.29, 0.717) is 24.4 Å². The number of nitrogens with zero attached hydrogens (tertiary/aromatic N) is 1. The molecule has 0 aliphatic heterocycles. The van der Waals surface area contributed by atoms with E-state index in [1.54, 1.807) is 25.1 Å². The van der Waals surface area contributed by atoms with Crippen LogP contribution in [0, 0.1) is 5.92 Å². The number of hydrogen-bond donors (Lipinski definition) is 1. The maximum Gasteiger partial charge on any atom is 0.325 e. The van der Waals surface area contributed by atoms with Gasteiger partial charge in [0.25, 0.3) is 5.91 Å². The van der Waals surface area contributed by atoms with Crippen molar-refractivity contribution in [2.24, 2.45) is 5.92 Å². The minimum absolute atomic E-state index is 0.0726. The third-order valence-corrected chi connectivity index (χ3v) is 3.24. The van der Waals surface area contributed by atoms with Crippen LogP contribution in [0.3, 0.4) is 0 Å². The number of halogens is 1. The average Bonchev–Trinajstić information content (AvgIpc) is 2.39. The molecule has 1 aromatic carbocycles. The molecule has 21 heavy (non-hydrogen) atoms. The van der Waals surface area contributed by atoms with E-state index in [0.717, 1.165) is 4.47 Å². The number of nitrogens with two attached hydrogens (primary N) is 1. The van der Waals surface area contributed by atoms with Crippen molar-refractivity contribution in [2.75, 3.05) is 25.4 Å². The van der Waals surface area contributed by atoms with E-state index in [2.05, 4.69) is 15.9 Å². The van der Waals surface area contributed by atoms with Gasteiger partial charge in [-0.2, -0.15) is 0 Å². The second-order valence-electron chi connectivity index (χ2n) is 5.12. The molecule has 6 heteroatoms. The molecule has 0 unspecified atom stereocenters. The minimum Gasteiger partial charge on any atom is -0.465 e. The van der Waals surface area contributed by atoms with Crippen molar-refractivity contribution >= 4 is 33.5 Å². The van der Waals surface area contributed by atoms with Gasteiger partial charge in [0, 0.05) is 16.7 Å². The van der Waals surface area contributed by atoms with Gasteiger partial charge in [-0.3, -0.25) is 9.59 Å². The Kier molecular flexibility index (Phi) is 6.68. The largest absolute Gasteiger partial charge is 0.465 e. The van der Waals surface area contributed by atoms with E-state index in [9.17, 15) is 9.59 Å². The van der Waals surface area contributed by atoms with Gasteiger partial charge in [0.05, 0.1) is 12.2 Å². The topological polar surface area (TPSA) is 72.6 Å². The highest BCUT2D eigenvalue weighted by molar-refractivity contribution is 9.10. The van der Waals surface area contributed by atoms with Crippen molar-refractivity contribution in [2.45, 2.75) is 20.8 Å². The van der Waals surface area contributed by atoms with E-state index >= 15 is 0 Å². The smallest absolute Gasteiger partial charge is 0.325 e. The summed E-state index contributed by atoms with van der Waals surface area (Å²) in [5.41, 5.74) is 6.64. The fraction of sp³-hybridized carbons (Fsp3) is 0.467. The Morgan fingerprint density at radius 2 is 2.05 bits per heavy atom. The molecule has 0 spiro atoms. The van der Waals surface area contributed by atoms with Crippen molar-refractivity contribution in [1.29, 1.82) is 0 Å². The third-order valence-electron chi connectivity index (χ3n) is 2.74. The van der Waals surface area contributed by atoms with Gasteiger partial charge in [-0.1, -0.05) is 29.8 Å². The molecule has 5 nitrogen and oxygen atoms in total. The van der Waals surface area contributed by atoms with Crippen LogP contribution in [0.25, 0.3) is 0 Å². The first kappa shape index (κ1) is 17.5. The molecule has 116 valence electrons. The Morgan fingerprint density at radius 1 is 1.38 bits per heavy atom. The highest BCUT2D eigenvalue weighted by Crippen LogP contribution is 2.20. The summed E-state index contributed by atoms with van der Waals surface area (Å²) < 4.78 is 5.69. The van der Waals surface area contributed by atoms with Crippen LogP contribution < -0.4 is 5.73 Å². The summed E-state index contributed by atoms with van der Waals surface area (Å²) >= 11 is 3.32. The summed E-state index contributed by atoms with van der Waals surface area (Å²) in [6.07, 6.45) is 0. The first-order chi connectivity index (χ1) is 9.85. The zero-order chi connectivity index (χ0) is 16.0. The van der Waals surface area contributed by atoms with Gasteiger partial charge < -0.3 is 15.4 Å². The van der Waals surface area contributed by atoms with Crippen LogP contribution in [0.5, 0.6) is 0 Å². The summed E-state index contributed by atoms with van der Waals surface area (Å²) in [5.74, 6) is -0.452. The van der Waals surface area contributed by atoms with Gasteiger partial charge >= 0.3 is 5.97 Å². The molecule has 1 aromatic rings. The normalized spacial score (nSPS) is 10.5. The monoisotopic (exact) mass is 356 g/mol. The van der Waals surface area contributed by atoms with Gasteiger partial charge in [0.15, 0.2) is 0 Å². The number of anilines is 1. The Labute approximate surface area is 133 Å². The first-order valence-corrected chi connectivity index (χ1v) is 7.64. The van der Waals surface area contributed by atoms with Crippen LogP contribution >= 0.6 is 15.9 Å². The highest BCUT2D eigenvalue weighted by atomic mass is 79.9. The number of hydrogen-bond acceptors (Lipinski definition) is 4. The van der Waals surface area contributed by atoms with Crippen molar-refractivity contribution in [3.8, 4) is 0 Å². The summed E-state index contributed by atoms with van der Waals surface area (Å²) in [6.45, 7) is 6.38. The lowest BCUT2D eigenvalue weighted by Gasteiger charge is -2.24. The van der Waals surface area contributed by atoms with Gasteiger partial charge in [-0.05, 0) is 31.0 Å². The Hall–Kier alpha value is -1.56. The molecular formula is C15H21BrN2O3. The number of esters is 1. The summed E-state index contributed by atoms with van der Waals surface area (Å²) in [7, 11) is 0. The van der Waals surface area contributed by atoms with Gasteiger partial charge in [0.2, 0.25) is 0 Å². The van der Waals surface area contributed by atoms with E-state index < -0.39 is 5.97 Å². The number of benzene rings is 1. The first-order valence-electron chi connectivity index (χ1n) is 6.85. The third kappa shape index (κ3) is 5.38. The quantitative estimate of drug-likeness (QED) is 0.628. The van der Waals surface area contributed by atoms with Crippen molar-refractivity contribution in [1.82, 2.24) is 4.90 Å². The number of nitrogen functional groups attached to an aromatic ring is 1. The lowest BCUT2D eigenvalue weighted by molar-refractivity contribution is -0.143. The standard InChI is InChI=1S/C15H21BrN2O3/c1-4-21-14(19)9-18(8-10(2)3)15(20)12-7-11(16)5-6-13(12)17/h5-7,10H,4,8-9,17H2,1-3H3. The van der Waals surface area contributed by atoms with E-state index in [1.165, 1.54) is 4.90 Å². The Bertz CT molecular complexity index is 518. The molecule has 0 saturated carbocycles. The van der Waals surface area contributed by atoms with Crippen LogP contribution in [-0.2, 0) is 9.53 Å². The average molecular weight is 357 g/mol.